The van der Waals surface area contributed by atoms with Gasteiger partial charge in [-0.25, -0.2) is 15.0 Å². The Morgan fingerprint density at radius 3 is 1.71 bits per heavy atom. The van der Waals surface area contributed by atoms with E-state index < -0.39 is 5.41 Å². The minimum absolute atomic E-state index is 0.604. The van der Waals surface area contributed by atoms with Crippen LogP contribution in [-0.2, 0) is 5.41 Å². The average molecular weight is 829 g/mol. The minimum Gasteiger partial charge on any atom is -0.309 e. The lowest BCUT2D eigenvalue weighted by atomic mass is 9.68. The largest absolute Gasteiger partial charge is 0.309 e. The van der Waals surface area contributed by atoms with Gasteiger partial charge in [-0.05, 0) is 109 Å². The molecule has 2 aromatic heterocycles. The molecule has 0 N–H and O–H groups in total. The van der Waals surface area contributed by atoms with Gasteiger partial charge >= 0.3 is 0 Å². The summed E-state index contributed by atoms with van der Waals surface area (Å²) in [4.78, 5) is 15.7. The third-order valence-corrected chi connectivity index (χ3v) is 13.8. The Bertz CT molecular complexity index is 3820. The lowest BCUT2D eigenvalue weighted by Crippen LogP contribution is -2.27. The highest BCUT2D eigenvalue weighted by Crippen LogP contribution is 2.65. The van der Waals surface area contributed by atoms with Crippen LogP contribution in [0.3, 0.4) is 0 Å². The molecule has 2 heterocycles. The summed E-state index contributed by atoms with van der Waals surface area (Å²) in [5.41, 5.74) is 15.4. The summed E-state index contributed by atoms with van der Waals surface area (Å²) >= 11 is 0. The van der Waals surface area contributed by atoms with Crippen LogP contribution in [0, 0.1) is 0 Å². The van der Waals surface area contributed by atoms with E-state index in [1.807, 2.05) is 18.2 Å². The fourth-order valence-electron chi connectivity index (χ4n) is 11.2. The molecule has 0 saturated heterocycles. The van der Waals surface area contributed by atoms with Crippen molar-refractivity contribution in [2.75, 3.05) is 0 Å². The number of fused-ring (bicyclic) bond motifs is 15. The van der Waals surface area contributed by atoms with Gasteiger partial charge in [0, 0.05) is 27.6 Å². The summed E-state index contributed by atoms with van der Waals surface area (Å²) in [7, 11) is 0. The molecule has 2 aliphatic carbocycles. The van der Waals surface area contributed by atoms with E-state index in [1.165, 1.54) is 65.7 Å². The maximum atomic E-state index is 5.31. The normalized spacial score (nSPS) is 15.3. The van der Waals surface area contributed by atoms with Crippen molar-refractivity contribution in [1.82, 2.24) is 19.5 Å². The van der Waals surface area contributed by atoms with Gasteiger partial charge in [0.2, 0.25) is 0 Å². The molecule has 11 aromatic rings. The predicted octanol–water partition coefficient (Wildman–Crippen LogP) is 15.0. The number of nitrogens with zero attached hydrogens (tertiary/aromatic N) is 4. The van der Waals surface area contributed by atoms with Gasteiger partial charge in [-0.15, -0.1) is 0 Å². The Balaban J connectivity index is 1.04. The second-order valence-electron chi connectivity index (χ2n) is 17.1. The predicted molar refractivity (Wildman–Crippen MR) is 269 cm³/mol. The van der Waals surface area contributed by atoms with Crippen LogP contribution in [0.25, 0.3) is 94.1 Å². The fraction of sp³-hybridized carbons (Fsp3) is 0.0328. The molecule has 4 nitrogen and oxygen atoms in total. The van der Waals surface area contributed by atoms with Crippen molar-refractivity contribution in [2.24, 2.45) is 0 Å². The fourth-order valence-corrected chi connectivity index (χ4v) is 11.2. The van der Waals surface area contributed by atoms with Crippen molar-refractivity contribution in [2.45, 2.75) is 12.3 Å². The standard InChI is InChI=1S/C61H40N4/c1-3-51-50(44-26-11-15-32-52(44)61(51)53-33-16-12-31-49(53)56-47-29-9-7-24-42(47)43-25-8-10-30-48(43)57(56)61)36-38(2)58-62-59(39-20-5-4-6-21-39)64-60(63-58)40-22-19-23-41(37-40)65-54-34-17-13-27-45(54)46-28-14-18-35-55(46)65/h3-37H,1H2,2H3/b38-36+. The zero-order chi connectivity index (χ0) is 43.2. The molecule has 1 spiro atoms. The van der Waals surface area contributed by atoms with Crippen LogP contribution in [-0.4, -0.2) is 19.5 Å². The number of para-hydroxylation sites is 2. The summed E-state index contributed by atoms with van der Waals surface area (Å²) in [5, 5.41) is 7.48. The highest BCUT2D eigenvalue weighted by atomic mass is 15.0. The zero-order valence-corrected chi connectivity index (χ0v) is 35.7. The Kier molecular flexibility index (Phi) is 8.15. The van der Waals surface area contributed by atoms with Crippen LogP contribution in [0.15, 0.2) is 224 Å². The molecule has 1 unspecified atom stereocenters. The lowest BCUT2D eigenvalue weighted by molar-refractivity contribution is 0.794. The first-order valence-corrected chi connectivity index (χ1v) is 22.2. The summed E-state index contributed by atoms with van der Waals surface area (Å²) < 4.78 is 2.33. The Labute approximate surface area is 376 Å². The quantitative estimate of drug-likeness (QED) is 0.157. The molecule has 65 heavy (non-hydrogen) atoms. The molecule has 0 aliphatic heterocycles. The molecule has 0 saturated carbocycles. The summed E-state index contributed by atoms with van der Waals surface area (Å²) in [6.07, 6.45) is 4.39. The van der Waals surface area contributed by atoms with Crippen LogP contribution in [0.1, 0.15) is 35.0 Å². The molecule has 0 bridgehead atoms. The lowest BCUT2D eigenvalue weighted by Gasteiger charge is -2.32. The SMILES string of the molecule is C=CC1=C(/C=C(\C)c2nc(-c3ccccc3)nc(-c3cccc(-n4c5ccccc5c5ccccc54)c3)n2)c2ccccc2C12c1ccccc1-c1c2c2ccccc2c2ccccc12. The second kappa shape index (κ2) is 14.3. The number of benzene rings is 9. The van der Waals surface area contributed by atoms with Gasteiger partial charge in [-0.1, -0.05) is 189 Å². The van der Waals surface area contributed by atoms with Gasteiger partial charge in [0.1, 0.15) is 0 Å². The van der Waals surface area contributed by atoms with E-state index in [9.17, 15) is 0 Å². The maximum Gasteiger partial charge on any atom is 0.164 e. The van der Waals surface area contributed by atoms with Crippen molar-refractivity contribution >= 4 is 54.5 Å². The second-order valence-corrected chi connectivity index (χ2v) is 17.1. The molecule has 9 aromatic carbocycles. The van der Waals surface area contributed by atoms with Gasteiger partial charge in [0.15, 0.2) is 17.5 Å². The molecule has 304 valence electrons. The molecular weight excluding hydrogens is 789 g/mol. The molecular formula is C61H40N4. The first-order valence-electron chi connectivity index (χ1n) is 22.2. The summed E-state index contributed by atoms with van der Waals surface area (Å²) in [5.74, 6) is 1.86. The van der Waals surface area contributed by atoms with Crippen molar-refractivity contribution < 1.29 is 0 Å². The molecule has 13 rings (SSSR count). The third kappa shape index (κ3) is 5.28. The minimum atomic E-state index is -0.604. The Hall–Kier alpha value is -8.47. The van der Waals surface area contributed by atoms with Crippen LogP contribution in [0.2, 0.25) is 0 Å². The van der Waals surface area contributed by atoms with Crippen molar-refractivity contribution in [3.05, 3.63) is 253 Å². The maximum absolute atomic E-state index is 5.31. The first-order chi connectivity index (χ1) is 32.1. The van der Waals surface area contributed by atoms with Gasteiger partial charge in [0.25, 0.3) is 0 Å². The van der Waals surface area contributed by atoms with E-state index >= 15 is 0 Å². The zero-order valence-electron chi connectivity index (χ0n) is 35.7. The molecule has 0 radical (unpaired) electrons. The molecule has 1 atom stereocenters. The van der Waals surface area contributed by atoms with Crippen LogP contribution < -0.4 is 0 Å². The van der Waals surface area contributed by atoms with E-state index in [2.05, 4.69) is 212 Å². The number of hydrogen-bond donors (Lipinski definition) is 0. The van der Waals surface area contributed by atoms with Crippen LogP contribution in [0.5, 0.6) is 0 Å². The average Bonchev–Trinajstić information content (AvgIpc) is 3.98. The van der Waals surface area contributed by atoms with Crippen LogP contribution in [0.4, 0.5) is 0 Å². The van der Waals surface area contributed by atoms with Gasteiger partial charge in [0.05, 0.1) is 16.4 Å². The smallest absolute Gasteiger partial charge is 0.164 e. The number of aromatic nitrogens is 4. The Morgan fingerprint density at radius 1 is 0.492 bits per heavy atom. The number of allylic oxidation sites excluding steroid dienone is 5. The monoisotopic (exact) mass is 828 g/mol. The highest BCUT2D eigenvalue weighted by molar-refractivity contribution is 6.20. The van der Waals surface area contributed by atoms with Gasteiger partial charge in [-0.2, -0.15) is 0 Å². The summed E-state index contributed by atoms with van der Waals surface area (Å²) in [6, 6.07) is 71.7. The van der Waals surface area contributed by atoms with Crippen molar-refractivity contribution in [3.8, 4) is 39.6 Å². The topological polar surface area (TPSA) is 43.6 Å². The number of rotatable bonds is 6. The van der Waals surface area contributed by atoms with Crippen molar-refractivity contribution in [3.63, 3.8) is 0 Å². The molecule has 0 amide bonds. The van der Waals surface area contributed by atoms with Gasteiger partial charge in [-0.3, -0.25) is 0 Å². The van der Waals surface area contributed by atoms with E-state index in [4.69, 9.17) is 15.0 Å². The summed E-state index contributed by atoms with van der Waals surface area (Å²) in [6.45, 7) is 6.74. The molecule has 2 aliphatic rings. The first kappa shape index (κ1) is 37.1. The van der Waals surface area contributed by atoms with E-state index in [-0.39, 0.29) is 0 Å². The Morgan fingerprint density at radius 2 is 1.02 bits per heavy atom. The van der Waals surface area contributed by atoms with Crippen molar-refractivity contribution in [1.29, 1.82) is 0 Å². The molecule has 4 heteroatoms. The number of hydrogen-bond acceptors (Lipinski definition) is 3. The van der Waals surface area contributed by atoms with Crippen LogP contribution >= 0.6 is 0 Å². The molecule has 0 fully saturated rings. The highest BCUT2D eigenvalue weighted by Gasteiger charge is 2.53. The van der Waals surface area contributed by atoms with E-state index in [0.29, 0.717) is 17.5 Å². The third-order valence-electron chi connectivity index (χ3n) is 13.8. The van der Waals surface area contributed by atoms with E-state index in [0.717, 1.165) is 44.6 Å². The van der Waals surface area contributed by atoms with Gasteiger partial charge < -0.3 is 4.57 Å². The van der Waals surface area contributed by atoms with E-state index in [1.54, 1.807) is 0 Å².